The summed E-state index contributed by atoms with van der Waals surface area (Å²) in [5, 5.41) is 13.1. The van der Waals surface area contributed by atoms with E-state index in [2.05, 4.69) is 15.3 Å². The number of nitrogens with two attached hydrogens (primary N) is 1. The number of aliphatic hydroxyl groups is 1. The van der Waals surface area contributed by atoms with Crippen LogP contribution in [0.1, 0.15) is 25.0 Å². The van der Waals surface area contributed by atoms with Gasteiger partial charge < -0.3 is 20.9 Å². The van der Waals surface area contributed by atoms with E-state index in [1.807, 2.05) is 6.92 Å². The summed E-state index contributed by atoms with van der Waals surface area (Å²) in [5.41, 5.74) is 7.09. The molecule has 1 aromatic heterocycles. The molecule has 0 bridgehead atoms. The highest BCUT2D eigenvalue weighted by Crippen LogP contribution is 2.16. The molecule has 21 heavy (non-hydrogen) atoms. The van der Waals surface area contributed by atoms with E-state index in [-0.39, 0.29) is 0 Å². The lowest BCUT2D eigenvalue weighted by Crippen LogP contribution is -2.13. The maximum Gasteiger partial charge on any atom is 0.234 e. The van der Waals surface area contributed by atoms with Gasteiger partial charge in [0, 0.05) is 12.2 Å². The molecule has 6 heteroatoms. The van der Waals surface area contributed by atoms with Crippen LogP contribution in [0.15, 0.2) is 36.7 Å². The molecule has 0 saturated carbocycles. The molecule has 4 N–H and O–H groups in total. The Morgan fingerprint density at radius 1 is 1.29 bits per heavy atom. The first-order chi connectivity index (χ1) is 10.2. The number of ether oxygens (including phenoxy) is 1. The van der Waals surface area contributed by atoms with Crippen LogP contribution in [0.4, 0.5) is 11.5 Å². The fourth-order valence-corrected chi connectivity index (χ4v) is 1.75. The minimum Gasteiger partial charge on any atom is -0.477 e. The maximum absolute atomic E-state index is 10.1. The van der Waals surface area contributed by atoms with Crippen molar-refractivity contribution < 1.29 is 9.84 Å². The Labute approximate surface area is 124 Å². The van der Waals surface area contributed by atoms with Gasteiger partial charge in [0.15, 0.2) is 0 Å². The average Bonchev–Trinajstić information content (AvgIpc) is 2.52. The molecule has 2 aromatic rings. The molecule has 0 radical (unpaired) electrons. The van der Waals surface area contributed by atoms with E-state index >= 15 is 0 Å². The van der Waals surface area contributed by atoms with Crippen molar-refractivity contribution in [3.8, 4) is 5.88 Å². The summed E-state index contributed by atoms with van der Waals surface area (Å²) in [6, 6.07) is 7.12. The lowest BCUT2D eigenvalue weighted by atomic mass is 10.1. The summed E-state index contributed by atoms with van der Waals surface area (Å²) < 4.78 is 5.41. The Bertz CT molecular complexity index is 560. The molecule has 1 unspecified atom stereocenters. The van der Waals surface area contributed by atoms with Gasteiger partial charge >= 0.3 is 0 Å². The molecular weight excluding hydrogens is 268 g/mol. The molecule has 2 rings (SSSR count). The van der Waals surface area contributed by atoms with Crippen LogP contribution in [-0.4, -0.2) is 28.2 Å². The highest BCUT2D eigenvalue weighted by molar-refractivity contribution is 5.40. The van der Waals surface area contributed by atoms with E-state index in [1.165, 1.54) is 0 Å². The van der Waals surface area contributed by atoms with Gasteiger partial charge in [-0.1, -0.05) is 19.1 Å². The molecule has 0 fully saturated rings. The lowest BCUT2D eigenvalue weighted by molar-refractivity contribution is 0.191. The summed E-state index contributed by atoms with van der Waals surface area (Å²) in [6.45, 7) is 2.96. The second-order valence-electron chi connectivity index (χ2n) is 4.65. The molecule has 0 aliphatic carbocycles. The number of aromatic nitrogens is 2. The fraction of sp³-hybridized carbons (Fsp3) is 0.333. The summed E-state index contributed by atoms with van der Waals surface area (Å²) in [7, 11) is 0. The zero-order chi connectivity index (χ0) is 15.1. The molecule has 0 aliphatic rings. The van der Waals surface area contributed by atoms with Crippen LogP contribution in [0.5, 0.6) is 5.88 Å². The number of rotatable bonds is 7. The van der Waals surface area contributed by atoms with E-state index in [0.29, 0.717) is 30.5 Å². The molecule has 0 saturated heterocycles. The third-order valence-electron chi connectivity index (χ3n) is 2.86. The van der Waals surface area contributed by atoms with Crippen LogP contribution < -0.4 is 15.8 Å². The lowest BCUT2D eigenvalue weighted by Gasteiger charge is -2.13. The number of nitrogens with one attached hydrogen (secondary N) is 1. The average molecular weight is 288 g/mol. The summed E-state index contributed by atoms with van der Waals surface area (Å²) in [5.74, 6) is 1.04. The van der Waals surface area contributed by atoms with Crippen molar-refractivity contribution in [2.75, 3.05) is 24.2 Å². The number of anilines is 2. The first-order valence-corrected chi connectivity index (χ1v) is 6.91. The van der Waals surface area contributed by atoms with Gasteiger partial charge in [-0.3, -0.25) is 4.98 Å². The molecule has 0 aliphatic heterocycles. The SMILES string of the molecule is CCCOc1cncc(NCC(O)c2ccc(N)cc2)n1. The van der Waals surface area contributed by atoms with Gasteiger partial charge in [0.05, 0.1) is 25.1 Å². The minimum absolute atomic E-state index is 0.329. The van der Waals surface area contributed by atoms with Gasteiger partial charge in [-0.2, -0.15) is 4.98 Å². The van der Waals surface area contributed by atoms with Gasteiger partial charge in [0.2, 0.25) is 5.88 Å². The molecule has 6 nitrogen and oxygen atoms in total. The van der Waals surface area contributed by atoms with Crippen LogP contribution >= 0.6 is 0 Å². The van der Waals surface area contributed by atoms with Crippen molar-refractivity contribution in [1.82, 2.24) is 9.97 Å². The molecule has 1 aromatic carbocycles. The van der Waals surface area contributed by atoms with Gasteiger partial charge in [0.1, 0.15) is 5.82 Å². The van der Waals surface area contributed by atoms with Crippen LogP contribution in [0, 0.1) is 0 Å². The Morgan fingerprint density at radius 2 is 2.05 bits per heavy atom. The summed E-state index contributed by atoms with van der Waals surface area (Å²) in [6.07, 6.45) is 3.42. The number of hydrogen-bond donors (Lipinski definition) is 3. The van der Waals surface area contributed by atoms with E-state index in [0.717, 1.165) is 12.0 Å². The smallest absolute Gasteiger partial charge is 0.234 e. The van der Waals surface area contributed by atoms with E-state index in [9.17, 15) is 5.11 Å². The number of benzene rings is 1. The topological polar surface area (TPSA) is 93.3 Å². The number of nitrogens with zero attached hydrogens (tertiary/aromatic N) is 2. The second kappa shape index (κ2) is 7.44. The van der Waals surface area contributed by atoms with E-state index in [1.54, 1.807) is 36.7 Å². The Balaban J connectivity index is 1.91. The number of hydrogen-bond acceptors (Lipinski definition) is 6. The van der Waals surface area contributed by atoms with Crippen LogP contribution in [0.25, 0.3) is 0 Å². The second-order valence-corrected chi connectivity index (χ2v) is 4.65. The summed E-state index contributed by atoms with van der Waals surface area (Å²) in [4.78, 5) is 8.31. The molecular formula is C15H20N4O2. The summed E-state index contributed by atoms with van der Waals surface area (Å²) >= 11 is 0. The van der Waals surface area contributed by atoms with Crippen LogP contribution in [-0.2, 0) is 0 Å². The van der Waals surface area contributed by atoms with Crippen molar-refractivity contribution in [2.45, 2.75) is 19.4 Å². The molecule has 112 valence electrons. The van der Waals surface area contributed by atoms with Crippen molar-refractivity contribution in [3.05, 3.63) is 42.2 Å². The van der Waals surface area contributed by atoms with Gasteiger partial charge in [-0.15, -0.1) is 0 Å². The zero-order valence-corrected chi connectivity index (χ0v) is 12.0. The highest BCUT2D eigenvalue weighted by Gasteiger charge is 2.08. The van der Waals surface area contributed by atoms with Crippen LogP contribution in [0.2, 0.25) is 0 Å². The molecule has 1 atom stereocenters. The zero-order valence-electron chi connectivity index (χ0n) is 12.0. The predicted molar refractivity (Wildman–Crippen MR) is 82.1 cm³/mol. The number of aliphatic hydroxyl groups excluding tert-OH is 1. The van der Waals surface area contributed by atoms with Crippen LogP contribution in [0.3, 0.4) is 0 Å². The minimum atomic E-state index is -0.646. The Morgan fingerprint density at radius 3 is 2.76 bits per heavy atom. The predicted octanol–water partition coefficient (Wildman–Crippen LogP) is 1.99. The van der Waals surface area contributed by atoms with E-state index < -0.39 is 6.10 Å². The standard InChI is InChI=1S/C15H20N4O2/c1-2-7-21-15-10-17-9-14(19-15)18-8-13(20)11-3-5-12(16)6-4-11/h3-6,9-10,13,20H,2,7-8,16H2,1H3,(H,18,19). The quantitative estimate of drug-likeness (QED) is 0.675. The first-order valence-electron chi connectivity index (χ1n) is 6.91. The highest BCUT2D eigenvalue weighted by atomic mass is 16.5. The van der Waals surface area contributed by atoms with E-state index in [4.69, 9.17) is 10.5 Å². The number of nitrogen functional groups attached to an aromatic ring is 1. The van der Waals surface area contributed by atoms with Crippen molar-refractivity contribution in [3.63, 3.8) is 0 Å². The molecule has 1 heterocycles. The van der Waals surface area contributed by atoms with Crippen molar-refractivity contribution in [2.24, 2.45) is 0 Å². The Hall–Kier alpha value is -2.34. The third-order valence-corrected chi connectivity index (χ3v) is 2.86. The van der Waals surface area contributed by atoms with Gasteiger partial charge in [0.25, 0.3) is 0 Å². The molecule has 0 amide bonds. The normalized spacial score (nSPS) is 11.9. The van der Waals surface area contributed by atoms with Gasteiger partial charge in [-0.05, 0) is 24.1 Å². The maximum atomic E-state index is 10.1. The monoisotopic (exact) mass is 288 g/mol. The third kappa shape index (κ3) is 4.61. The Kier molecular flexibility index (Phi) is 5.34. The first kappa shape index (κ1) is 15.1. The largest absolute Gasteiger partial charge is 0.477 e. The van der Waals surface area contributed by atoms with Crippen molar-refractivity contribution >= 4 is 11.5 Å². The molecule has 0 spiro atoms. The van der Waals surface area contributed by atoms with Crippen molar-refractivity contribution in [1.29, 1.82) is 0 Å². The fourth-order valence-electron chi connectivity index (χ4n) is 1.75. The van der Waals surface area contributed by atoms with Gasteiger partial charge in [-0.25, -0.2) is 0 Å².